The van der Waals surface area contributed by atoms with Crippen molar-refractivity contribution >= 4 is 0 Å². The van der Waals surface area contributed by atoms with Crippen molar-refractivity contribution < 1.29 is 5.11 Å². The van der Waals surface area contributed by atoms with Gasteiger partial charge in [0.25, 0.3) is 0 Å². The number of rotatable bonds is 10. The van der Waals surface area contributed by atoms with Crippen LogP contribution in [0.15, 0.2) is 131 Å². The Kier molecular flexibility index (Phi) is 13.3. The minimum atomic E-state index is -0.325. The predicted octanol–water partition coefficient (Wildman–Crippen LogP) is 11.3. The van der Waals surface area contributed by atoms with Gasteiger partial charge in [0.15, 0.2) is 0 Å². The first kappa shape index (κ1) is 34.3. The van der Waals surface area contributed by atoms with E-state index in [9.17, 15) is 5.11 Å². The van der Waals surface area contributed by atoms with E-state index in [4.69, 9.17) is 0 Å². The molecule has 0 bridgehead atoms. The van der Waals surface area contributed by atoms with Gasteiger partial charge in [-0.2, -0.15) is 0 Å². The Balaban J connectivity index is 1.88. The Bertz CT molecular complexity index is 1220. The van der Waals surface area contributed by atoms with Crippen molar-refractivity contribution in [2.24, 2.45) is 22.7 Å². The van der Waals surface area contributed by atoms with Gasteiger partial charge < -0.3 is 5.11 Å². The van der Waals surface area contributed by atoms with Crippen molar-refractivity contribution in [3.63, 3.8) is 0 Å². The monoisotopic (exact) mass is 552 g/mol. The predicted molar refractivity (Wildman–Crippen MR) is 183 cm³/mol. The first-order valence-corrected chi connectivity index (χ1v) is 15.3. The number of aliphatic hydroxyl groups excluding tert-OH is 1. The summed E-state index contributed by atoms with van der Waals surface area (Å²) in [6.07, 6.45) is 37.8. The van der Waals surface area contributed by atoms with E-state index in [1.54, 1.807) is 0 Å². The summed E-state index contributed by atoms with van der Waals surface area (Å²) in [7, 11) is 0. The average Bonchev–Trinajstić information content (AvgIpc) is 2.84. The molecule has 0 heterocycles. The van der Waals surface area contributed by atoms with Crippen LogP contribution < -0.4 is 0 Å². The summed E-state index contributed by atoms with van der Waals surface area (Å²) >= 11 is 0. The van der Waals surface area contributed by atoms with Gasteiger partial charge in [-0.05, 0) is 71.6 Å². The highest BCUT2D eigenvalue weighted by atomic mass is 16.3. The van der Waals surface area contributed by atoms with Gasteiger partial charge in [0.2, 0.25) is 0 Å². The minimum Gasteiger partial charge on any atom is -0.389 e. The number of allylic oxidation sites excluding steroid dienone is 21. The Morgan fingerprint density at radius 3 is 1.56 bits per heavy atom. The summed E-state index contributed by atoms with van der Waals surface area (Å²) in [4.78, 5) is 0. The Labute approximate surface area is 252 Å². The molecule has 222 valence electrons. The third-order valence-electron chi connectivity index (χ3n) is 8.48. The highest BCUT2D eigenvalue weighted by Gasteiger charge is 2.34. The van der Waals surface area contributed by atoms with Crippen LogP contribution in [-0.2, 0) is 0 Å². The molecular weight excluding hydrogens is 496 g/mol. The number of aliphatic hydroxyl groups is 1. The van der Waals surface area contributed by atoms with Gasteiger partial charge in [0.05, 0.1) is 6.10 Å². The zero-order valence-electron chi connectivity index (χ0n) is 27.5. The van der Waals surface area contributed by atoms with Crippen molar-refractivity contribution in [2.45, 2.75) is 94.6 Å². The second-order valence-corrected chi connectivity index (χ2v) is 13.6. The summed E-state index contributed by atoms with van der Waals surface area (Å²) in [5, 5.41) is 10.1. The van der Waals surface area contributed by atoms with Crippen molar-refractivity contribution in [1.82, 2.24) is 0 Å². The fourth-order valence-corrected chi connectivity index (χ4v) is 5.98. The third-order valence-corrected chi connectivity index (χ3v) is 8.48. The number of hydrogen-bond donors (Lipinski definition) is 1. The largest absolute Gasteiger partial charge is 0.389 e. The maximum absolute atomic E-state index is 10.1. The quantitative estimate of drug-likeness (QED) is 0.211. The molecule has 0 fully saturated rings. The molecule has 0 aromatic carbocycles. The summed E-state index contributed by atoms with van der Waals surface area (Å²) in [6, 6.07) is 0. The van der Waals surface area contributed by atoms with Crippen LogP contribution in [-0.4, -0.2) is 11.2 Å². The topological polar surface area (TPSA) is 20.2 Å². The second-order valence-electron chi connectivity index (χ2n) is 13.6. The van der Waals surface area contributed by atoms with E-state index in [0.717, 1.165) is 6.42 Å². The zero-order chi connectivity index (χ0) is 30.6. The maximum Gasteiger partial charge on any atom is 0.0729 e. The molecule has 0 aliphatic heterocycles. The molecule has 0 saturated heterocycles. The second kappa shape index (κ2) is 15.9. The molecular formula is C40H56O. The lowest BCUT2D eigenvalue weighted by atomic mass is 9.67. The van der Waals surface area contributed by atoms with Crippen LogP contribution in [0.3, 0.4) is 0 Å². The van der Waals surface area contributed by atoms with E-state index in [0.29, 0.717) is 17.3 Å². The van der Waals surface area contributed by atoms with Crippen LogP contribution in [0.1, 0.15) is 88.5 Å². The SMILES string of the molecule is CC(C=CC=C(C)C=CC1C(C)=CCCC1(C)C)=CC=CC=C(C)C=CC=C(C)C=CC1C(C)=CC(O)CC1(C)C. The Hall–Kier alpha value is -2.90. The van der Waals surface area contributed by atoms with Crippen LogP contribution >= 0.6 is 0 Å². The van der Waals surface area contributed by atoms with Gasteiger partial charge in [0, 0.05) is 11.8 Å². The summed E-state index contributed by atoms with van der Waals surface area (Å²) in [6.45, 7) is 22.2. The van der Waals surface area contributed by atoms with Gasteiger partial charge in [-0.15, -0.1) is 0 Å². The van der Waals surface area contributed by atoms with E-state index in [-0.39, 0.29) is 11.5 Å². The van der Waals surface area contributed by atoms with Gasteiger partial charge in [-0.1, -0.05) is 158 Å². The fraction of sp³-hybridized carbons (Fsp3) is 0.450. The maximum atomic E-state index is 10.1. The van der Waals surface area contributed by atoms with E-state index in [1.807, 2.05) is 6.08 Å². The van der Waals surface area contributed by atoms with Crippen molar-refractivity contribution in [1.29, 1.82) is 0 Å². The van der Waals surface area contributed by atoms with Gasteiger partial charge in [0.1, 0.15) is 0 Å². The molecule has 3 atom stereocenters. The molecule has 0 amide bonds. The molecule has 41 heavy (non-hydrogen) atoms. The smallest absolute Gasteiger partial charge is 0.0729 e. The van der Waals surface area contributed by atoms with E-state index < -0.39 is 0 Å². The van der Waals surface area contributed by atoms with Crippen LogP contribution in [0, 0.1) is 22.7 Å². The van der Waals surface area contributed by atoms with Crippen LogP contribution in [0.2, 0.25) is 0 Å². The molecule has 2 aliphatic rings. The first-order chi connectivity index (χ1) is 19.2. The molecule has 1 heteroatoms. The number of hydrogen-bond acceptors (Lipinski definition) is 1. The zero-order valence-corrected chi connectivity index (χ0v) is 27.5. The van der Waals surface area contributed by atoms with Gasteiger partial charge in [-0.25, -0.2) is 0 Å². The Morgan fingerprint density at radius 2 is 1.10 bits per heavy atom. The van der Waals surface area contributed by atoms with Crippen molar-refractivity contribution in [3.8, 4) is 0 Å². The van der Waals surface area contributed by atoms with E-state index in [2.05, 4.69) is 160 Å². The lowest BCUT2D eigenvalue weighted by Gasteiger charge is -2.38. The molecule has 2 aliphatic carbocycles. The highest BCUT2D eigenvalue weighted by molar-refractivity contribution is 5.33. The molecule has 0 aromatic rings. The summed E-state index contributed by atoms with van der Waals surface area (Å²) in [5.41, 5.74) is 8.06. The van der Waals surface area contributed by atoms with Crippen LogP contribution in [0.25, 0.3) is 0 Å². The summed E-state index contributed by atoms with van der Waals surface area (Å²) in [5.74, 6) is 0.880. The minimum absolute atomic E-state index is 0.0647. The molecule has 3 unspecified atom stereocenters. The lowest BCUT2D eigenvalue weighted by Crippen LogP contribution is -2.32. The van der Waals surface area contributed by atoms with Gasteiger partial charge >= 0.3 is 0 Å². The molecule has 0 aromatic heterocycles. The standard InChI is InChI=1S/C40H56O/c1-30(18-13-20-32(3)23-25-37-34(5)22-15-27-39(37,7)8)16-11-12-17-31(2)19-14-21-33(4)24-26-38-35(6)28-36(41)29-40(38,9)10/h11-14,16-26,28,36-38,41H,15,27,29H2,1-10H3. The molecule has 2 rings (SSSR count). The third kappa shape index (κ3) is 11.9. The molecule has 0 radical (unpaired) electrons. The normalized spacial score (nSPS) is 26.7. The summed E-state index contributed by atoms with van der Waals surface area (Å²) < 4.78 is 0. The van der Waals surface area contributed by atoms with E-state index >= 15 is 0 Å². The van der Waals surface area contributed by atoms with E-state index in [1.165, 1.54) is 46.3 Å². The molecule has 0 spiro atoms. The fourth-order valence-electron chi connectivity index (χ4n) is 5.98. The van der Waals surface area contributed by atoms with Crippen LogP contribution in [0.4, 0.5) is 0 Å². The Morgan fingerprint density at radius 1 is 0.659 bits per heavy atom. The van der Waals surface area contributed by atoms with Crippen molar-refractivity contribution in [3.05, 3.63) is 131 Å². The van der Waals surface area contributed by atoms with Crippen molar-refractivity contribution in [2.75, 3.05) is 0 Å². The van der Waals surface area contributed by atoms with Gasteiger partial charge in [-0.3, -0.25) is 0 Å². The first-order valence-electron chi connectivity index (χ1n) is 15.3. The van der Waals surface area contributed by atoms with Crippen LogP contribution in [0.5, 0.6) is 0 Å². The molecule has 1 N–H and O–H groups in total. The molecule has 1 nitrogen and oxygen atoms in total. The highest BCUT2D eigenvalue weighted by Crippen LogP contribution is 2.42. The molecule has 0 saturated carbocycles. The lowest BCUT2D eigenvalue weighted by molar-refractivity contribution is 0.117. The average molecular weight is 553 g/mol.